The van der Waals surface area contributed by atoms with Gasteiger partial charge in [-0.2, -0.15) is 0 Å². The van der Waals surface area contributed by atoms with Crippen LogP contribution in [-0.4, -0.2) is 19.6 Å². The minimum absolute atomic E-state index is 0.577. The number of nitrogens with zero attached hydrogens (tertiary/aromatic N) is 1. The molecule has 0 bridgehead atoms. The van der Waals surface area contributed by atoms with Gasteiger partial charge in [-0.25, -0.2) is 0 Å². The lowest BCUT2D eigenvalue weighted by atomic mass is 10.1. The molecule has 0 fully saturated rings. The highest BCUT2D eigenvalue weighted by atomic mass is 79.9. The summed E-state index contributed by atoms with van der Waals surface area (Å²) in [5.41, 5.74) is 8.37. The Kier molecular flexibility index (Phi) is 2.79. The van der Waals surface area contributed by atoms with Crippen LogP contribution in [-0.2, 0) is 6.42 Å². The zero-order valence-electron chi connectivity index (χ0n) is 8.33. The van der Waals surface area contributed by atoms with Crippen molar-refractivity contribution in [3.05, 3.63) is 28.2 Å². The van der Waals surface area contributed by atoms with Gasteiger partial charge in [0, 0.05) is 23.2 Å². The van der Waals surface area contributed by atoms with Crippen molar-refractivity contribution in [3.8, 4) is 0 Å². The van der Waals surface area contributed by atoms with Crippen LogP contribution in [0.1, 0.15) is 12.0 Å². The van der Waals surface area contributed by atoms with Gasteiger partial charge in [0.1, 0.15) is 0 Å². The van der Waals surface area contributed by atoms with E-state index in [2.05, 4.69) is 46.1 Å². The molecule has 0 radical (unpaired) electrons. The molecule has 14 heavy (non-hydrogen) atoms. The van der Waals surface area contributed by atoms with Crippen LogP contribution in [0.2, 0.25) is 0 Å². The molecule has 2 nitrogen and oxygen atoms in total. The summed E-state index contributed by atoms with van der Waals surface area (Å²) in [5, 5.41) is 0. The fourth-order valence-corrected chi connectivity index (χ4v) is 2.65. The van der Waals surface area contributed by atoms with Crippen LogP contribution < -0.4 is 10.6 Å². The summed E-state index contributed by atoms with van der Waals surface area (Å²) >= 11 is 3.60. The summed E-state index contributed by atoms with van der Waals surface area (Å²) < 4.78 is 1.22. The molecule has 1 aliphatic heterocycles. The number of rotatable bonds is 2. The van der Waals surface area contributed by atoms with Gasteiger partial charge in [-0.3, -0.25) is 0 Å². The molecule has 0 aliphatic carbocycles. The van der Waals surface area contributed by atoms with Crippen molar-refractivity contribution in [2.24, 2.45) is 5.73 Å². The van der Waals surface area contributed by atoms with E-state index in [9.17, 15) is 0 Å². The number of hydrogen-bond donors (Lipinski definition) is 1. The molecule has 0 amide bonds. The largest absolute Gasteiger partial charge is 0.371 e. The summed E-state index contributed by atoms with van der Waals surface area (Å²) in [7, 11) is 2.15. The predicted octanol–water partition coefficient (Wildman–Crippen LogP) is 2.16. The Morgan fingerprint density at radius 2 is 2.36 bits per heavy atom. The highest BCUT2D eigenvalue weighted by Crippen LogP contribution is 2.36. The third kappa shape index (κ3) is 1.55. The maximum atomic E-state index is 5.61. The summed E-state index contributed by atoms with van der Waals surface area (Å²) in [4.78, 5) is 2.34. The lowest BCUT2D eigenvalue weighted by molar-refractivity contribution is 0.616. The first kappa shape index (κ1) is 9.99. The zero-order chi connectivity index (χ0) is 10.1. The molecule has 1 heterocycles. The Morgan fingerprint density at radius 3 is 3.00 bits per heavy atom. The first-order valence-electron chi connectivity index (χ1n) is 4.94. The minimum Gasteiger partial charge on any atom is -0.371 e. The molecule has 2 rings (SSSR count). The Morgan fingerprint density at radius 1 is 1.57 bits per heavy atom. The highest BCUT2D eigenvalue weighted by molar-refractivity contribution is 9.10. The lowest BCUT2D eigenvalue weighted by Gasteiger charge is -2.21. The van der Waals surface area contributed by atoms with E-state index in [-0.39, 0.29) is 0 Å². The zero-order valence-corrected chi connectivity index (χ0v) is 9.92. The highest BCUT2D eigenvalue weighted by Gasteiger charge is 2.26. The number of halogens is 1. The van der Waals surface area contributed by atoms with Gasteiger partial charge in [0.15, 0.2) is 0 Å². The van der Waals surface area contributed by atoms with E-state index in [1.165, 1.54) is 15.7 Å². The quantitative estimate of drug-likeness (QED) is 0.877. The topological polar surface area (TPSA) is 29.3 Å². The van der Waals surface area contributed by atoms with Crippen LogP contribution in [0.15, 0.2) is 22.7 Å². The molecule has 76 valence electrons. The molecule has 2 N–H and O–H groups in total. The monoisotopic (exact) mass is 254 g/mol. The third-order valence-electron chi connectivity index (χ3n) is 2.96. The van der Waals surface area contributed by atoms with Crippen molar-refractivity contribution >= 4 is 21.6 Å². The van der Waals surface area contributed by atoms with Gasteiger partial charge < -0.3 is 10.6 Å². The normalized spacial score (nSPS) is 19.9. The van der Waals surface area contributed by atoms with Crippen molar-refractivity contribution in [3.63, 3.8) is 0 Å². The summed E-state index contributed by atoms with van der Waals surface area (Å²) in [6.07, 6.45) is 2.18. The molecule has 1 aromatic carbocycles. The second-order valence-corrected chi connectivity index (χ2v) is 4.64. The Labute approximate surface area is 93.2 Å². The van der Waals surface area contributed by atoms with Crippen molar-refractivity contribution in [1.82, 2.24) is 0 Å². The second-order valence-electron chi connectivity index (χ2n) is 3.78. The maximum Gasteiger partial charge on any atom is 0.0410 e. The van der Waals surface area contributed by atoms with Gasteiger partial charge >= 0.3 is 0 Å². The number of likely N-dealkylation sites (N-methyl/N-ethyl adjacent to an activating group) is 1. The molecule has 0 saturated heterocycles. The van der Waals surface area contributed by atoms with E-state index in [0.717, 1.165) is 19.4 Å². The Hall–Kier alpha value is -0.540. The molecular weight excluding hydrogens is 240 g/mol. The Bertz CT molecular complexity index is 338. The van der Waals surface area contributed by atoms with Gasteiger partial charge in [-0.15, -0.1) is 0 Å². The van der Waals surface area contributed by atoms with Crippen molar-refractivity contribution in [2.45, 2.75) is 18.9 Å². The number of fused-ring (bicyclic) bond motifs is 1. The van der Waals surface area contributed by atoms with E-state index < -0.39 is 0 Å². The van der Waals surface area contributed by atoms with Crippen LogP contribution >= 0.6 is 15.9 Å². The lowest BCUT2D eigenvalue weighted by Crippen LogP contribution is -2.29. The standard InChI is InChI=1S/C11H15BrN2/c1-14-8(5-6-13)7-9-10(12)3-2-4-11(9)14/h2-4,8H,5-7,13H2,1H3. The molecule has 3 heteroatoms. The van der Waals surface area contributed by atoms with E-state index in [4.69, 9.17) is 5.73 Å². The maximum absolute atomic E-state index is 5.61. The van der Waals surface area contributed by atoms with Crippen LogP contribution in [0.3, 0.4) is 0 Å². The van der Waals surface area contributed by atoms with E-state index in [1.807, 2.05) is 0 Å². The van der Waals surface area contributed by atoms with Crippen LogP contribution in [0.5, 0.6) is 0 Å². The van der Waals surface area contributed by atoms with E-state index in [1.54, 1.807) is 0 Å². The number of anilines is 1. The summed E-state index contributed by atoms with van der Waals surface area (Å²) in [6.45, 7) is 0.764. The first-order valence-corrected chi connectivity index (χ1v) is 5.73. The van der Waals surface area contributed by atoms with Crippen molar-refractivity contribution < 1.29 is 0 Å². The fourth-order valence-electron chi connectivity index (χ4n) is 2.14. The van der Waals surface area contributed by atoms with Crippen LogP contribution in [0.25, 0.3) is 0 Å². The second kappa shape index (κ2) is 3.91. The van der Waals surface area contributed by atoms with Gasteiger partial charge in [0.2, 0.25) is 0 Å². The average Bonchev–Trinajstić information content (AvgIpc) is 2.48. The molecule has 1 aromatic rings. The number of nitrogens with two attached hydrogens (primary N) is 1. The smallest absolute Gasteiger partial charge is 0.0410 e. The molecule has 0 aromatic heterocycles. The van der Waals surface area contributed by atoms with Crippen molar-refractivity contribution in [1.29, 1.82) is 0 Å². The first-order chi connectivity index (χ1) is 6.74. The summed E-state index contributed by atoms with van der Waals surface area (Å²) in [6, 6.07) is 6.95. The number of benzene rings is 1. The van der Waals surface area contributed by atoms with E-state index in [0.29, 0.717) is 6.04 Å². The minimum atomic E-state index is 0.577. The van der Waals surface area contributed by atoms with Gasteiger partial charge in [-0.05, 0) is 37.1 Å². The molecule has 1 atom stereocenters. The molecule has 0 spiro atoms. The summed E-state index contributed by atoms with van der Waals surface area (Å²) in [5.74, 6) is 0. The molecule has 1 aliphatic rings. The van der Waals surface area contributed by atoms with Crippen molar-refractivity contribution in [2.75, 3.05) is 18.5 Å². The predicted molar refractivity (Wildman–Crippen MR) is 63.7 cm³/mol. The fraction of sp³-hybridized carbons (Fsp3) is 0.455. The molecule has 1 unspecified atom stereocenters. The van der Waals surface area contributed by atoms with Gasteiger partial charge in [0.25, 0.3) is 0 Å². The van der Waals surface area contributed by atoms with Crippen LogP contribution in [0, 0.1) is 0 Å². The average molecular weight is 255 g/mol. The van der Waals surface area contributed by atoms with Crippen LogP contribution in [0.4, 0.5) is 5.69 Å². The Balaban J connectivity index is 2.30. The van der Waals surface area contributed by atoms with Gasteiger partial charge in [0.05, 0.1) is 0 Å². The van der Waals surface area contributed by atoms with Gasteiger partial charge in [-0.1, -0.05) is 22.0 Å². The molecule has 0 saturated carbocycles. The third-order valence-corrected chi connectivity index (χ3v) is 3.70. The van der Waals surface area contributed by atoms with E-state index >= 15 is 0 Å². The number of hydrogen-bond acceptors (Lipinski definition) is 2. The SMILES string of the molecule is CN1c2cccc(Br)c2CC1CCN. The molecular formula is C11H15BrN2.